The van der Waals surface area contributed by atoms with Crippen molar-refractivity contribution >= 4 is 17.8 Å². The first-order valence-corrected chi connectivity index (χ1v) is 11.0. The number of imide groups is 1. The Labute approximate surface area is 193 Å². The summed E-state index contributed by atoms with van der Waals surface area (Å²) in [4.78, 5) is 40.8. The van der Waals surface area contributed by atoms with Gasteiger partial charge in [0.2, 0.25) is 5.91 Å². The summed E-state index contributed by atoms with van der Waals surface area (Å²) in [6.45, 7) is 2.38. The van der Waals surface area contributed by atoms with E-state index in [4.69, 9.17) is 11.0 Å². The van der Waals surface area contributed by atoms with Crippen molar-refractivity contribution in [1.29, 1.82) is 5.26 Å². The molecule has 1 spiro atoms. The maximum absolute atomic E-state index is 13.1. The minimum Gasteiger partial charge on any atom is -0.366 e. The smallest absolute Gasteiger partial charge is 0.325 e. The lowest BCUT2D eigenvalue weighted by molar-refractivity contribution is -0.133. The third kappa shape index (κ3) is 4.73. The molecule has 4 rings (SSSR count). The Morgan fingerprint density at radius 2 is 1.82 bits per heavy atom. The van der Waals surface area contributed by atoms with E-state index in [-0.39, 0.29) is 18.5 Å². The number of piperidine rings is 1. The highest BCUT2D eigenvalue weighted by atomic mass is 16.2. The quantitative estimate of drug-likeness (QED) is 0.635. The third-order valence-corrected chi connectivity index (χ3v) is 6.42. The molecule has 4 amide bonds. The van der Waals surface area contributed by atoms with Gasteiger partial charge in [-0.3, -0.25) is 14.5 Å². The Hall–Kier alpha value is -3.70. The Balaban J connectivity index is 1.30. The van der Waals surface area contributed by atoms with Gasteiger partial charge in [0.05, 0.1) is 18.2 Å². The Kier molecular flexibility index (Phi) is 6.43. The number of carbonyl (C=O) groups is 3. The summed E-state index contributed by atoms with van der Waals surface area (Å²) in [5, 5.41) is 11.9. The molecule has 0 aliphatic carbocycles. The average molecular weight is 445 g/mol. The molecule has 2 heterocycles. The molecule has 169 valence electrons. The topological polar surface area (TPSA) is 120 Å². The molecule has 33 heavy (non-hydrogen) atoms. The fraction of sp³-hybridized carbons (Fsp3) is 0.320. The van der Waals surface area contributed by atoms with E-state index < -0.39 is 11.4 Å². The number of primary amides is 1. The molecule has 2 aromatic rings. The van der Waals surface area contributed by atoms with Crippen LogP contribution in [0.25, 0.3) is 0 Å². The van der Waals surface area contributed by atoms with Gasteiger partial charge in [0, 0.05) is 18.7 Å². The zero-order valence-corrected chi connectivity index (χ0v) is 18.3. The van der Waals surface area contributed by atoms with Crippen LogP contribution in [0.1, 0.15) is 46.3 Å². The third-order valence-electron chi connectivity index (χ3n) is 6.42. The predicted molar refractivity (Wildman–Crippen MR) is 122 cm³/mol. The summed E-state index contributed by atoms with van der Waals surface area (Å²) in [5.41, 5.74) is 7.28. The number of carbonyl (C=O) groups excluding carboxylic acids is 3. The van der Waals surface area contributed by atoms with Crippen molar-refractivity contribution in [1.82, 2.24) is 15.1 Å². The van der Waals surface area contributed by atoms with E-state index in [1.807, 2.05) is 18.6 Å². The van der Waals surface area contributed by atoms with Crippen LogP contribution in [0.15, 0.2) is 48.5 Å². The summed E-state index contributed by atoms with van der Waals surface area (Å²) < 4.78 is 0. The number of benzene rings is 2. The van der Waals surface area contributed by atoms with Crippen LogP contribution in [0.5, 0.6) is 0 Å². The highest BCUT2D eigenvalue weighted by Gasteiger charge is 2.52. The molecule has 2 fully saturated rings. The zero-order chi connectivity index (χ0) is 23.4. The van der Waals surface area contributed by atoms with E-state index >= 15 is 0 Å². The largest absolute Gasteiger partial charge is 0.366 e. The first-order valence-electron chi connectivity index (χ1n) is 11.0. The van der Waals surface area contributed by atoms with Crippen molar-refractivity contribution in [3.05, 3.63) is 77.2 Å². The van der Waals surface area contributed by atoms with Gasteiger partial charge in [-0.2, -0.15) is 5.26 Å². The summed E-state index contributed by atoms with van der Waals surface area (Å²) in [6.07, 6.45) is 3.87. The summed E-state index contributed by atoms with van der Waals surface area (Å²) in [7, 11) is 0. The second kappa shape index (κ2) is 9.43. The molecule has 3 N–H and O–H groups in total. The van der Waals surface area contributed by atoms with E-state index in [1.165, 1.54) is 4.90 Å². The van der Waals surface area contributed by atoms with Crippen molar-refractivity contribution in [2.24, 2.45) is 5.73 Å². The molecule has 2 saturated heterocycles. The molecular formula is C25H26N5O3. The van der Waals surface area contributed by atoms with Gasteiger partial charge in [0.15, 0.2) is 0 Å². The van der Waals surface area contributed by atoms with Crippen molar-refractivity contribution in [2.45, 2.75) is 31.3 Å². The number of rotatable bonds is 7. The molecule has 8 nitrogen and oxygen atoms in total. The van der Waals surface area contributed by atoms with Crippen LogP contribution >= 0.6 is 0 Å². The molecule has 1 radical (unpaired) electrons. The van der Waals surface area contributed by atoms with Crippen molar-refractivity contribution < 1.29 is 14.4 Å². The molecule has 0 saturated carbocycles. The normalized spacial score (nSPS) is 17.7. The van der Waals surface area contributed by atoms with Gasteiger partial charge in [-0.05, 0) is 61.6 Å². The van der Waals surface area contributed by atoms with Crippen LogP contribution in [0.2, 0.25) is 0 Å². The van der Waals surface area contributed by atoms with Crippen molar-refractivity contribution in [3.63, 3.8) is 0 Å². The fourth-order valence-electron chi connectivity index (χ4n) is 4.49. The Morgan fingerprint density at radius 3 is 2.48 bits per heavy atom. The van der Waals surface area contributed by atoms with Gasteiger partial charge in [0.1, 0.15) is 5.54 Å². The highest BCUT2D eigenvalue weighted by molar-refractivity contribution is 6.07. The first kappa shape index (κ1) is 22.5. The lowest BCUT2D eigenvalue weighted by Gasteiger charge is -2.37. The number of nitrogens with one attached hydrogen (secondary N) is 1. The SMILES string of the molecule is N#Cc1ccc(CN2C(=O)NC3(CCN(CC[CH]c4ccccc4C(N)=O)CC3)C2=O)cc1. The second-order valence-electron chi connectivity index (χ2n) is 8.50. The second-order valence-corrected chi connectivity index (χ2v) is 8.50. The average Bonchev–Trinajstić information content (AvgIpc) is 3.05. The Bertz CT molecular complexity index is 1100. The van der Waals surface area contributed by atoms with Gasteiger partial charge in [-0.1, -0.05) is 30.3 Å². The molecule has 0 aromatic heterocycles. The standard InChI is InChI=1S/C25H26N5O3/c26-16-18-7-9-19(10-8-18)17-30-23(32)25(28-24(30)33)11-14-29(15-12-25)13-3-5-20-4-1-2-6-21(20)22(27)31/h1-2,4-10H,3,11-15,17H2,(H2,27,31)(H,28,33). The van der Waals surface area contributed by atoms with E-state index in [0.717, 1.165) is 24.1 Å². The molecule has 8 heteroatoms. The van der Waals surface area contributed by atoms with Gasteiger partial charge >= 0.3 is 6.03 Å². The van der Waals surface area contributed by atoms with Crippen LogP contribution in [-0.4, -0.2) is 52.8 Å². The van der Waals surface area contributed by atoms with Crippen molar-refractivity contribution in [2.75, 3.05) is 19.6 Å². The van der Waals surface area contributed by atoms with Gasteiger partial charge < -0.3 is 16.0 Å². The van der Waals surface area contributed by atoms with Crippen LogP contribution in [-0.2, 0) is 11.3 Å². The number of nitrogens with zero attached hydrogens (tertiary/aromatic N) is 3. The number of hydrogen-bond donors (Lipinski definition) is 2. The number of nitrogens with two attached hydrogens (primary N) is 1. The van der Waals surface area contributed by atoms with Gasteiger partial charge in [0.25, 0.3) is 5.91 Å². The van der Waals surface area contributed by atoms with E-state index in [2.05, 4.69) is 16.3 Å². The lowest BCUT2D eigenvalue weighted by Crippen LogP contribution is -2.55. The number of amides is 4. The maximum atomic E-state index is 13.1. The van der Waals surface area contributed by atoms with Crippen LogP contribution in [0, 0.1) is 17.8 Å². The van der Waals surface area contributed by atoms with Crippen LogP contribution in [0.4, 0.5) is 4.79 Å². The Morgan fingerprint density at radius 1 is 1.12 bits per heavy atom. The van der Waals surface area contributed by atoms with Crippen LogP contribution in [0.3, 0.4) is 0 Å². The number of nitriles is 1. The zero-order valence-electron chi connectivity index (χ0n) is 18.3. The molecule has 0 bridgehead atoms. The fourth-order valence-corrected chi connectivity index (χ4v) is 4.49. The monoisotopic (exact) mass is 444 g/mol. The molecule has 0 unspecified atom stereocenters. The van der Waals surface area contributed by atoms with Gasteiger partial charge in [-0.15, -0.1) is 0 Å². The number of urea groups is 1. The molecule has 2 aliphatic heterocycles. The molecule has 2 aromatic carbocycles. The van der Waals surface area contributed by atoms with E-state index in [0.29, 0.717) is 37.1 Å². The number of likely N-dealkylation sites (tertiary alicyclic amines) is 1. The first-order chi connectivity index (χ1) is 15.9. The van der Waals surface area contributed by atoms with Crippen LogP contribution < -0.4 is 11.1 Å². The summed E-state index contributed by atoms with van der Waals surface area (Å²) >= 11 is 0. The summed E-state index contributed by atoms with van der Waals surface area (Å²) in [6, 6.07) is 15.8. The molecule has 2 aliphatic rings. The summed E-state index contributed by atoms with van der Waals surface area (Å²) in [5.74, 6) is -0.624. The molecule has 0 atom stereocenters. The van der Waals surface area contributed by atoms with Gasteiger partial charge in [-0.25, -0.2) is 4.79 Å². The highest BCUT2D eigenvalue weighted by Crippen LogP contribution is 2.30. The van der Waals surface area contributed by atoms with E-state index in [9.17, 15) is 14.4 Å². The lowest BCUT2D eigenvalue weighted by atomic mass is 9.87. The predicted octanol–water partition coefficient (Wildman–Crippen LogP) is 2.19. The van der Waals surface area contributed by atoms with Crippen molar-refractivity contribution in [3.8, 4) is 6.07 Å². The minimum absolute atomic E-state index is 0.182. The minimum atomic E-state index is -0.845. The van der Waals surface area contributed by atoms with E-state index in [1.54, 1.807) is 36.4 Å². The number of hydrogen-bond acceptors (Lipinski definition) is 5. The maximum Gasteiger partial charge on any atom is 0.325 e. The molecular weight excluding hydrogens is 418 g/mol.